The lowest BCUT2D eigenvalue weighted by Gasteiger charge is -2.31. The molecule has 0 bridgehead atoms. The zero-order valence-corrected chi connectivity index (χ0v) is 15.0. The summed E-state index contributed by atoms with van der Waals surface area (Å²) in [5.41, 5.74) is 1.19. The van der Waals surface area contributed by atoms with Crippen LogP contribution in [0.15, 0.2) is 43.0 Å². The van der Waals surface area contributed by atoms with Crippen molar-refractivity contribution in [1.29, 1.82) is 0 Å². The van der Waals surface area contributed by atoms with Crippen LogP contribution in [0.5, 0.6) is 0 Å². The van der Waals surface area contributed by atoms with Crippen LogP contribution in [0.1, 0.15) is 24.8 Å². The molecule has 1 saturated heterocycles. The van der Waals surface area contributed by atoms with Crippen molar-refractivity contribution in [3.63, 3.8) is 0 Å². The lowest BCUT2D eigenvalue weighted by Crippen LogP contribution is -2.29. The lowest BCUT2D eigenvalue weighted by atomic mass is 9.91. The molecule has 2 nitrogen and oxygen atoms in total. The van der Waals surface area contributed by atoms with E-state index in [1.807, 2.05) is 47.8 Å². The molecule has 3 rings (SSSR count). The van der Waals surface area contributed by atoms with Gasteiger partial charge in [-0.3, -0.25) is 4.79 Å². The second-order valence-corrected chi connectivity index (χ2v) is 9.34. The average molecular weight is 349 g/mol. The van der Waals surface area contributed by atoms with Gasteiger partial charge in [-0.05, 0) is 35.8 Å². The molecule has 23 heavy (non-hydrogen) atoms. The number of thioether (sulfide) groups is 2. The number of hydrogen-bond acceptors (Lipinski definition) is 4. The van der Waals surface area contributed by atoms with E-state index in [9.17, 15) is 4.79 Å². The monoisotopic (exact) mass is 348 g/mol. The first-order chi connectivity index (χ1) is 11.2. The maximum Gasteiger partial charge on any atom is 0.159 e. The van der Waals surface area contributed by atoms with E-state index in [4.69, 9.17) is 4.74 Å². The molecule has 4 heteroatoms. The molecule has 1 aromatic carbocycles. The van der Waals surface area contributed by atoms with Crippen LogP contribution in [0.2, 0.25) is 0 Å². The molecule has 1 aromatic rings. The highest BCUT2D eigenvalue weighted by atomic mass is 32.2. The van der Waals surface area contributed by atoms with E-state index in [2.05, 4.69) is 18.7 Å². The Morgan fingerprint density at radius 1 is 1.30 bits per heavy atom. The SMILES string of the molecule is C=C[C@@H](COCc1ccccc1)[C@@H]1CC(=O)C2(C1)SCCCS2. The van der Waals surface area contributed by atoms with Gasteiger partial charge >= 0.3 is 0 Å². The van der Waals surface area contributed by atoms with Crippen molar-refractivity contribution in [2.45, 2.75) is 29.9 Å². The van der Waals surface area contributed by atoms with Gasteiger partial charge in [0, 0.05) is 12.3 Å². The lowest BCUT2D eigenvalue weighted by molar-refractivity contribution is -0.118. The summed E-state index contributed by atoms with van der Waals surface area (Å²) in [6.07, 6.45) is 4.87. The van der Waals surface area contributed by atoms with Crippen LogP contribution in [0.3, 0.4) is 0 Å². The molecule has 124 valence electrons. The van der Waals surface area contributed by atoms with E-state index in [1.165, 1.54) is 12.0 Å². The van der Waals surface area contributed by atoms with Crippen LogP contribution in [0.25, 0.3) is 0 Å². The molecule has 2 atom stereocenters. The summed E-state index contributed by atoms with van der Waals surface area (Å²) in [4.78, 5) is 12.6. The molecule has 1 aliphatic heterocycles. The summed E-state index contributed by atoms with van der Waals surface area (Å²) in [5.74, 6) is 3.33. The fraction of sp³-hybridized carbons (Fsp3) is 0.526. The first kappa shape index (κ1) is 17.1. The van der Waals surface area contributed by atoms with Gasteiger partial charge in [0.1, 0.15) is 4.08 Å². The maximum absolute atomic E-state index is 12.6. The van der Waals surface area contributed by atoms with Gasteiger partial charge in [-0.25, -0.2) is 0 Å². The van der Waals surface area contributed by atoms with Crippen molar-refractivity contribution in [1.82, 2.24) is 0 Å². The fourth-order valence-corrected chi connectivity index (χ4v) is 6.77. The topological polar surface area (TPSA) is 26.3 Å². The van der Waals surface area contributed by atoms with E-state index in [0.29, 0.717) is 31.3 Å². The van der Waals surface area contributed by atoms with Crippen LogP contribution in [0, 0.1) is 11.8 Å². The van der Waals surface area contributed by atoms with Gasteiger partial charge in [0.25, 0.3) is 0 Å². The Labute approximate surface area is 147 Å². The number of carbonyl (C=O) groups excluding carboxylic acids is 1. The van der Waals surface area contributed by atoms with Crippen molar-refractivity contribution in [2.24, 2.45) is 11.8 Å². The molecule has 0 aromatic heterocycles. The molecule has 2 fully saturated rings. The zero-order chi connectivity index (χ0) is 16.1. The zero-order valence-electron chi connectivity index (χ0n) is 13.4. The van der Waals surface area contributed by atoms with Crippen molar-refractivity contribution >= 4 is 29.3 Å². The number of hydrogen-bond donors (Lipinski definition) is 0. The molecule has 0 unspecified atom stereocenters. The molecule has 1 heterocycles. The molecule has 0 amide bonds. The fourth-order valence-electron chi connectivity index (χ4n) is 3.36. The number of ketones is 1. The molecule has 2 aliphatic rings. The molecule has 1 saturated carbocycles. The summed E-state index contributed by atoms with van der Waals surface area (Å²) in [5, 5.41) is 0. The molecular formula is C19H24O2S2. The standard InChI is InChI=1S/C19H24O2S2/c1-2-16(14-21-13-15-7-4-3-5-8-15)17-11-18(20)19(12-17)22-9-6-10-23-19/h2-5,7-8,16-17H,1,6,9-14H2/t16-,17+/m0/s1. The van der Waals surface area contributed by atoms with Gasteiger partial charge in [0.15, 0.2) is 5.78 Å². The predicted molar refractivity (Wildman–Crippen MR) is 99.8 cm³/mol. The minimum absolute atomic E-state index is 0.163. The smallest absolute Gasteiger partial charge is 0.159 e. The van der Waals surface area contributed by atoms with Crippen molar-refractivity contribution in [3.8, 4) is 0 Å². The number of benzene rings is 1. The molecule has 1 spiro atoms. The largest absolute Gasteiger partial charge is 0.376 e. The highest BCUT2D eigenvalue weighted by Crippen LogP contribution is 2.54. The maximum atomic E-state index is 12.6. The third-order valence-corrected chi connectivity index (χ3v) is 8.11. The van der Waals surface area contributed by atoms with Crippen LogP contribution in [-0.2, 0) is 16.1 Å². The van der Waals surface area contributed by atoms with Crippen molar-refractivity contribution < 1.29 is 9.53 Å². The second-order valence-electron chi connectivity index (χ2n) is 6.30. The predicted octanol–water partition coefficient (Wildman–Crippen LogP) is 4.55. The normalized spacial score (nSPS) is 24.7. The second kappa shape index (κ2) is 7.91. The average Bonchev–Trinajstić information content (AvgIpc) is 2.89. The summed E-state index contributed by atoms with van der Waals surface area (Å²) >= 11 is 3.74. The third-order valence-electron chi connectivity index (χ3n) is 4.69. The van der Waals surface area contributed by atoms with Gasteiger partial charge in [-0.15, -0.1) is 30.1 Å². The van der Waals surface area contributed by atoms with Crippen LogP contribution in [0.4, 0.5) is 0 Å². The van der Waals surface area contributed by atoms with Gasteiger partial charge in [0.05, 0.1) is 13.2 Å². The van der Waals surface area contributed by atoms with E-state index < -0.39 is 0 Å². The van der Waals surface area contributed by atoms with E-state index in [1.54, 1.807) is 0 Å². The van der Waals surface area contributed by atoms with Crippen LogP contribution < -0.4 is 0 Å². The van der Waals surface area contributed by atoms with Gasteiger partial charge in [-0.2, -0.15) is 0 Å². The van der Waals surface area contributed by atoms with Crippen LogP contribution >= 0.6 is 23.5 Å². The van der Waals surface area contributed by atoms with Crippen LogP contribution in [-0.4, -0.2) is 28.0 Å². The Morgan fingerprint density at radius 3 is 2.74 bits per heavy atom. The first-order valence-electron chi connectivity index (χ1n) is 8.29. The molecular weight excluding hydrogens is 324 g/mol. The summed E-state index contributed by atoms with van der Waals surface area (Å²) in [7, 11) is 0. The molecule has 0 radical (unpaired) electrons. The van der Waals surface area contributed by atoms with Crippen molar-refractivity contribution in [3.05, 3.63) is 48.6 Å². The highest BCUT2D eigenvalue weighted by molar-refractivity contribution is 8.19. The molecule has 0 N–H and O–H groups in total. The van der Waals surface area contributed by atoms with Gasteiger partial charge < -0.3 is 4.74 Å². The Hall–Kier alpha value is -0.710. The number of carbonyl (C=O) groups is 1. The van der Waals surface area contributed by atoms with Gasteiger partial charge in [-0.1, -0.05) is 36.4 Å². The Bertz CT molecular complexity index is 538. The summed E-state index contributed by atoms with van der Waals surface area (Å²) in [6, 6.07) is 10.2. The van der Waals surface area contributed by atoms with E-state index in [0.717, 1.165) is 17.9 Å². The number of rotatable bonds is 6. The van der Waals surface area contributed by atoms with E-state index >= 15 is 0 Å². The quantitative estimate of drug-likeness (QED) is 0.705. The Balaban J connectivity index is 1.54. The Morgan fingerprint density at radius 2 is 2.04 bits per heavy atom. The Kier molecular flexibility index (Phi) is 5.89. The van der Waals surface area contributed by atoms with Crippen molar-refractivity contribution in [2.75, 3.05) is 18.1 Å². The summed E-state index contributed by atoms with van der Waals surface area (Å²) in [6.45, 7) is 5.26. The minimum atomic E-state index is -0.163. The third kappa shape index (κ3) is 4.04. The first-order valence-corrected chi connectivity index (χ1v) is 10.3. The minimum Gasteiger partial charge on any atom is -0.376 e. The summed E-state index contributed by atoms with van der Waals surface area (Å²) < 4.78 is 5.74. The molecule has 1 aliphatic carbocycles. The number of Topliss-reactive ketones (excluding diaryl/α,β-unsaturated/α-hetero) is 1. The number of ether oxygens (including phenoxy) is 1. The van der Waals surface area contributed by atoms with Gasteiger partial charge in [0.2, 0.25) is 0 Å². The highest BCUT2D eigenvalue weighted by Gasteiger charge is 2.49. The van der Waals surface area contributed by atoms with E-state index in [-0.39, 0.29) is 10.00 Å².